The number of unbranched alkanes of at least 4 members (excludes halogenated alkanes) is 1. The van der Waals surface area contributed by atoms with E-state index >= 15 is 0 Å². The Hall–Kier alpha value is -2.08. The van der Waals surface area contributed by atoms with E-state index in [1.54, 1.807) is 0 Å². The first-order chi connectivity index (χ1) is 10.0. The highest BCUT2D eigenvalue weighted by molar-refractivity contribution is 5.85. The molecular weight excluding hydrogens is 270 g/mol. The molecule has 0 heterocycles. The highest BCUT2D eigenvalue weighted by Crippen LogP contribution is 2.04. The van der Waals surface area contributed by atoms with Crippen molar-refractivity contribution in [1.29, 1.82) is 0 Å². The molecule has 0 aliphatic carbocycles. The van der Waals surface area contributed by atoms with E-state index in [0.29, 0.717) is 25.9 Å². The molecule has 0 fully saturated rings. The van der Waals surface area contributed by atoms with Crippen molar-refractivity contribution in [3.8, 4) is 0 Å². The van der Waals surface area contributed by atoms with E-state index in [0.717, 1.165) is 17.5 Å². The molecule has 6 heteroatoms. The lowest BCUT2D eigenvalue weighted by Crippen LogP contribution is -2.46. The zero-order valence-corrected chi connectivity index (χ0v) is 12.3. The highest BCUT2D eigenvalue weighted by atomic mass is 16.4. The van der Waals surface area contributed by atoms with Crippen LogP contribution in [-0.2, 0) is 11.3 Å². The third-order valence-corrected chi connectivity index (χ3v) is 3.15. The third kappa shape index (κ3) is 6.76. The molecule has 1 aromatic carbocycles. The minimum absolute atomic E-state index is 0.310. The van der Waals surface area contributed by atoms with Gasteiger partial charge in [0.15, 0.2) is 0 Å². The van der Waals surface area contributed by atoms with Crippen LogP contribution in [0.1, 0.15) is 30.4 Å². The smallest absolute Gasteiger partial charge is 0.405 e. The third-order valence-electron chi connectivity index (χ3n) is 3.15. The number of carbonyl (C=O) groups excluding carboxylic acids is 1. The van der Waals surface area contributed by atoms with Gasteiger partial charge in [-0.3, -0.25) is 4.79 Å². The molecule has 0 aliphatic rings. The van der Waals surface area contributed by atoms with Crippen LogP contribution in [-0.4, -0.2) is 29.7 Å². The average Bonchev–Trinajstić information content (AvgIpc) is 2.45. The van der Waals surface area contributed by atoms with Gasteiger partial charge in [0.2, 0.25) is 5.91 Å². The second kappa shape index (κ2) is 8.97. The van der Waals surface area contributed by atoms with Crippen LogP contribution in [0.3, 0.4) is 0 Å². The van der Waals surface area contributed by atoms with Crippen LogP contribution < -0.4 is 16.4 Å². The number of carboxylic acid groups (broad SMARTS) is 1. The molecule has 5 N–H and O–H groups in total. The fourth-order valence-electron chi connectivity index (χ4n) is 1.93. The maximum Gasteiger partial charge on any atom is 0.405 e. The molecule has 116 valence electrons. The van der Waals surface area contributed by atoms with Crippen LogP contribution in [0.15, 0.2) is 24.3 Å². The molecule has 0 radical (unpaired) electrons. The summed E-state index contributed by atoms with van der Waals surface area (Å²) in [6, 6.07) is 7.07. The normalized spacial score (nSPS) is 11.7. The first-order valence-electron chi connectivity index (χ1n) is 7.05. The van der Waals surface area contributed by atoms with Crippen LogP contribution >= 0.6 is 0 Å². The lowest BCUT2D eigenvalue weighted by molar-refractivity contribution is -0.123. The molecule has 0 saturated heterocycles. The van der Waals surface area contributed by atoms with Crippen molar-refractivity contribution in [1.82, 2.24) is 10.6 Å². The highest BCUT2D eigenvalue weighted by Gasteiger charge is 2.19. The SMILES string of the molecule is Cc1ccc(CNC(=O)C(CCCCN)NC(=O)O)cc1. The van der Waals surface area contributed by atoms with E-state index in [1.165, 1.54) is 0 Å². The number of nitrogens with two attached hydrogens (primary N) is 1. The van der Waals surface area contributed by atoms with Crippen molar-refractivity contribution in [2.24, 2.45) is 5.73 Å². The molecule has 1 atom stereocenters. The van der Waals surface area contributed by atoms with Gasteiger partial charge in [-0.05, 0) is 38.3 Å². The lowest BCUT2D eigenvalue weighted by Gasteiger charge is -2.16. The molecule has 6 nitrogen and oxygen atoms in total. The summed E-state index contributed by atoms with van der Waals surface area (Å²) in [5, 5.41) is 13.8. The summed E-state index contributed by atoms with van der Waals surface area (Å²) in [5.41, 5.74) is 7.53. The number of rotatable bonds is 8. The summed E-state index contributed by atoms with van der Waals surface area (Å²) in [7, 11) is 0. The summed E-state index contributed by atoms with van der Waals surface area (Å²) < 4.78 is 0. The summed E-state index contributed by atoms with van der Waals surface area (Å²) in [6.07, 6.45) is 0.726. The largest absolute Gasteiger partial charge is 0.465 e. The Balaban J connectivity index is 2.50. The molecule has 0 saturated carbocycles. The van der Waals surface area contributed by atoms with Gasteiger partial charge in [0.05, 0.1) is 0 Å². The van der Waals surface area contributed by atoms with Gasteiger partial charge < -0.3 is 21.5 Å². The number of aryl methyl sites for hydroxylation is 1. The minimum Gasteiger partial charge on any atom is -0.465 e. The van der Waals surface area contributed by atoms with Crippen LogP contribution in [0.25, 0.3) is 0 Å². The van der Waals surface area contributed by atoms with E-state index in [-0.39, 0.29) is 5.91 Å². The van der Waals surface area contributed by atoms with E-state index in [1.807, 2.05) is 31.2 Å². The average molecular weight is 293 g/mol. The Morgan fingerprint density at radius 1 is 1.24 bits per heavy atom. The lowest BCUT2D eigenvalue weighted by atomic mass is 10.1. The van der Waals surface area contributed by atoms with Crippen LogP contribution in [0.5, 0.6) is 0 Å². The maximum atomic E-state index is 12.0. The summed E-state index contributed by atoms with van der Waals surface area (Å²) >= 11 is 0. The second-order valence-electron chi connectivity index (χ2n) is 4.99. The molecule has 0 bridgehead atoms. The fourth-order valence-corrected chi connectivity index (χ4v) is 1.93. The van der Waals surface area contributed by atoms with Crippen molar-refractivity contribution >= 4 is 12.0 Å². The molecule has 1 unspecified atom stereocenters. The molecule has 0 aromatic heterocycles. The van der Waals surface area contributed by atoms with Crippen molar-refractivity contribution in [3.63, 3.8) is 0 Å². The first-order valence-corrected chi connectivity index (χ1v) is 7.05. The number of benzene rings is 1. The molecule has 0 aliphatic heterocycles. The van der Waals surface area contributed by atoms with Gasteiger partial charge >= 0.3 is 6.09 Å². The first kappa shape index (κ1) is 17.0. The van der Waals surface area contributed by atoms with E-state index in [4.69, 9.17) is 10.8 Å². The predicted molar refractivity (Wildman–Crippen MR) is 80.9 cm³/mol. The molecule has 21 heavy (non-hydrogen) atoms. The predicted octanol–water partition coefficient (Wildman–Crippen LogP) is 1.38. The minimum atomic E-state index is -1.20. The van der Waals surface area contributed by atoms with E-state index < -0.39 is 12.1 Å². The van der Waals surface area contributed by atoms with Gasteiger partial charge in [-0.15, -0.1) is 0 Å². The summed E-state index contributed by atoms with van der Waals surface area (Å²) in [5.74, 6) is -0.310. The second-order valence-corrected chi connectivity index (χ2v) is 4.99. The monoisotopic (exact) mass is 293 g/mol. The molecule has 1 rings (SSSR count). The number of amides is 2. The van der Waals surface area contributed by atoms with Crippen molar-refractivity contribution in [2.45, 2.75) is 38.8 Å². The van der Waals surface area contributed by atoms with Gasteiger partial charge in [-0.1, -0.05) is 29.8 Å². The van der Waals surface area contributed by atoms with Gasteiger partial charge in [0, 0.05) is 6.54 Å². The Morgan fingerprint density at radius 3 is 2.48 bits per heavy atom. The summed E-state index contributed by atoms with van der Waals surface area (Å²) in [4.78, 5) is 22.8. The van der Waals surface area contributed by atoms with Crippen molar-refractivity contribution in [3.05, 3.63) is 35.4 Å². The Kier molecular flexibility index (Phi) is 7.25. The Labute approximate surface area is 124 Å². The zero-order chi connectivity index (χ0) is 15.7. The maximum absolute atomic E-state index is 12.0. The standard InChI is InChI=1S/C15H23N3O3/c1-11-5-7-12(8-6-11)10-17-14(19)13(18-15(20)21)4-2-3-9-16/h5-8,13,18H,2-4,9-10,16H2,1H3,(H,17,19)(H,20,21). The van der Waals surface area contributed by atoms with Gasteiger partial charge in [0.25, 0.3) is 0 Å². The van der Waals surface area contributed by atoms with Gasteiger partial charge in [-0.25, -0.2) is 4.79 Å². The number of hydrogen-bond acceptors (Lipinski definition) is 3. The summed E-state index contributed by atoms with van der Waals surface area (Å²) in [6.45, 7) is 2.91. The van der Waals surface area contributed by atoms with Gasteiger partial charge in [0.1, 0.15) is 6.04 Å². The van der Waals surface area contributed by atoms with Crippen LogP contribution in [0.4, 0.5) is 4.79 Å². The number of carbonyl (C=O) groups is 2. The van der Waals surface area contributed by atoms with Crippen LogP contribution in [0, 0.1) is 6.92 Å². The molecular formula is C15H23N3O3. The van der Waals surface area contributed by atoms with E-state index in [2.05, 4.69) is 10.6 Å². The zero-order valence-electron chi connectivity index (χ0n) is 12.3. The number of hydrogen-bond donors (Lipinski definition) is 4. The van der Waals surface area contributed by atoms with Gasteiger partial charge in [-0.2, -0.15) is 0 Å². The molecule has 0 spiro atoms. The topological polar surface area (TPSA) is 104 Å². The molecule has 1 aromatic rings. The van der Waals surface area contributed by atoms with Crippen molar-refractivity contribution in [2.75, 3.05) is 6.54 Å². The van der Waals surface area contributed by atoms with Crippen molar-refractivity contribution < 1.29 is 14.7 Å². The Bertz CT molecular complexity index is 460. The molecule has 2 amide bonds. The number of nitrogens with one attached hydrogen (secondary N) is 2. The fraction of sp³-hybridized carbons (Fsp3) is 0.467. The Morgan fingerprint density at radius 2 is 1.90 bits per heavy atom. The van der Waals surface area contributed by atoms with Crippen LogP contribution in [0.2, 0.25) is 0 Å². The quantitative estimate of drug-likeness (QED) is 0.543. The van der Waals surface area contributed by atoms with E-state index in [9.17, 15) is 9.59 Å².